The Balaban J connectivity index is 2.32. The minimum absolute atomic E-state index is 0.573. The standard InChI is InChI=1S/C15H17N5/c1-4-13-14(5-2)18-19-15(17-13)20(3)12-8-6-11(10-16)7-9-12/h6-9H,4-5H2,1-3H3. The Morgan fingerprint density at radius 2 is 1.70 bits per heavy atom. The molecule has 1 heterocycles. The number of aryl methyl sites for hydroxylation is 2. The quantitative estimate of drug-likeness (QED) is 0.852. The summed E-state index contributed by atoms with van der Waals surface area (Å²) in [4.78, 5) is 6.44. The van der Waals surface area contributed by atoms with Gasteiger partial charge in [0.1, 0.15) is 0 Å². The van der Waals surface area contributed by atoms with Crippen molar-refractivity contribution >= 4 is 11.6 Å². The van der Waals surface area contributed by atoms with Crippen molar-refractivity contribution in [3.05, 3.63) is 41.2 Å². The van der Waals surface area contributed by atoms with Gasteiger partial charge in [0.05, 0.1) is 23.0 Å². The number of benzene rings is 1. The zero-order valence-electron chi connectivity index (χ0n) is 12.0. The SMILES string of the molecule is CCc1nnc(N(C)c2ccc(C#N)cc2)nc1CC. The van der Waals surface area contributed by atoms with E-state index in [0.717, 1.165) is 29.9 Å². The van der Waals surface area contributed by atoms with Crippen LogP contribution in [-0.4, -0.2) is 22.2 Å². The molecule has 2 aromatic rings. The van der Waals surface area contributed by atoms with Crippen molar-refractivity contribution in [2.75, 3.05) is 11.9 Å². The molecule has 0 spiro atoms. The fourth-order valence-electron chi connectivity index (χ4n) is 1.95. The van der Waals surface area contributed by atoms with E-state index in [4.69, 9.17) is 5.26 Å². The van der Waals surface area contributed by atoms with E-state index in [9.17, 15) is 0 Å². The molecule has 0 saturated carbocycles. The molecular weight excluding hydrogens is 250 g/mol. The number of nitrogens with zero attached hydrogens (tertiary/aromatic N) is 5. The fraction of sp³-hybridized carbons (Fsp3) is 0.333. The minimum atomic E-state index is 0.573. The molecule has 0 N–H and O–H groups in total. The monoisotopic (exact) mass is 267 g/mol. The molecule has 0 aliphatic rings. The summed E-state index contributed by atoms with van der Waals surface area (Å²) in [5, 5.41) is 17.2. The van der Waals surface area contributed by atoms with Crippen molar-refractivity contribution in [1.29, 1.82) is 5.26 Å². The van der Waals surface area contributed by atoms with E-state index >= 15 is 0 Å². The van der Waals surface area contributed by atoms with Gasteiger partial charge < -0.3 is 4.90 Å². The van der Waals surface area contributed by atoms with Crippen LogP contribution in [0.1, 0.15) is 30.8 Å². The van der Waals surface area contributed by atoms with E-state index in [1.165, 1.54) is 0 Å². The van der Waals surface area contributed by atoms with Crippen LogP contribution >= 0.6 is 0 Å². The highest BCUT2D eigenvalue weighted by molar-refractivity contribution is 5.57. The molecule has 20 heavy (non-hydrogen) atoms. The Morgan fingerprint density at radius 1 is 1.05 bits per heavy atom. The molecule has 0 atom stereocenters. The third kappa shape index (κ3) is 2.75. The van der Waals surface area contributed by atoms with Gasteiger partial charge in [0.2, 0.25) is 5.95 Å². The molecule has 0 aliphatic heterocycles. The summed E-state index contributed by atoms with van der Waals surface area (Å²) in [6.45, 7) is 4.11. The van der Waals surface area contributed by atoms with Crippen LogP contribution in [0, 0.1) is 11.3 Å². The summed E-state index contributed by atoms with van der Waals surface area (Å²) in [5.74, 6) is 0.573. The van der Waals surface area contributed by atoms with Gasteiger partial charge in [0.15, 0.2) is 0 Å². The van der Waals surface area contributed by atoms with Crippen LogP contribution in [0.3, 0.4) is 0 Å². The van der Waals surface area contributed by atoms with Crippen LogP contribution < -0.4 is 4.90 Å². The number of nitriles is 1. The summed E-state index contributed by atoms with van der Waals surface area (Å²) in [5.41, 5.74) is 3.50. The van der Waals surface area contributed by atoms with Crippen LogP contribution in [0.25, 0.3) is 0 Å². The molecule has 0 unspecified atom stereocenters. The third-order valence-electron chi connectivity index (χ3n) is 3.18. The topological polar surface area (TPSA) is 65.7 Å². The molecule has 0 fully saturated rings. The second-order valence-electron chi connectivity index (χ2n) is 4.43. The van der Waals surface area contributed by atoms with Crippen LogP contribution in [0.2, 0.25) is 0 Å². The maximum absolute atomic E-state index is 8.81. The Bertz CT molecular complexity index is 628. The van der Waals surface area contributed by atoms with Crippen LogP contribution in [0.5, 0.6) is 0 Å². The van der Waals surface area contributed by atoms with Crippen LogP contribution in [-0.2, 0) is 12.8 Å². The Morgan fingerprint density at radius 3 is 2.25 bits per heavy atom. The van der Waals surface area contributed by atoms with E-state index in [1.54, 1.807) is 12.1 Å². The lowest BCUT2D eigenvalue weighted by Crippen LogP contribution is -2.16. The van der Waals surface area contributed by atoms with Gasteiger partial charge in [-0.15, -0.1) is 10.2 Å². The summed E-state index contributed by atoms with van der Waals surface area (Å²) >= 11 is 0. The van der Waals surface area contributed by atoms with Crippen molar-refractivity contribution in [2.24, 2.45) is 0 Å². The fourth-order valence-corrected chi connectivity index (χ4v) is 1.95. The number of hydrogen-bond donors (Lipinski definition) is 0. The lowest BCUT2D eigenvalue weighted by molar-refractivity contribution is 0.810. The molecule has 5 nitrogen and oxygen atoms in total. The van der Waals surface area contributed by atoms with Crippen molar-refractivity contribution < 1.29 is 0 Å². The summed E-state index contributed by atoms with van der Waals surface area (Å²) in [6.07, 6.45) is 1.68. The second kappa shape index (κ2) is 6.11. The maximum Gasteiger partial charge on any atom is 0.249 e. The molecule has 0 amide bonds. The molecule has 0 saturated heterocycles. The Labute approximate surface area is 118 Å². The zero-order chi connectivity index (χ0) is 14.5. The first kappa shape index (κ1) is 13.9. The molecular formula is C15H17N5. The average Bonchev–Trinajstić information content (AvgIpc) is 2.53. The third-order valence-corrected chi connectivity index (χ3v) is 3.18. The first-order chi connectivity index (χ1) is 9.69. The zero-order valence-corrected chi connectivity index (χ0v) is 12.0. The molecule has 5 heteroatoms. The van der Waals surface area contributed by atoms with Crippen molar-refractivity contribution in [3.63, 3.8) is 0 Å². The summed E-state index contributed by atoms with van der Waals surface area (Å²) in [7, 11) is 1.89. The van der Waals surface area contributed by atoms with Crippen LogP contribution in [0.15, 0.2) is 24.3 Å². The van der Waals surface area contributed by atoms with Crippen LogP contribution in [0.4, 0.5) is 11.6 Å². The first-order valence-electron chi connectivity index (χ1n) is 6.66. The predicted octanol–water partition coefficient (Wildman–Crippen LogP) is 2.64. The number of rotatable bonds is 4. The minimum Gasteiger partial charge on any atom is -0.312 e. The molecule has 0 radical (unpaired) electrons. The Hall–Kier alpha value is -2.48. The van der Waals surface area contributed by atoms with E-state index < -0.39 is 0 Å². The molecule has 1 aromatic carbocycles. The maximum atomic E-state index is 8.81. The molecule has 0 bridgehead atoms. The van der Waals surface area contributed by atoms with Gasteiger partial charge in [0.25, 0.3) is 0 Å². The van der Waals surface area contributed by atoms with Crippen molar-refractivity contribution in [2.45, 2.75) is 26.7 Å². The first-order valence-corrected chi connectivity index (χ1v) is 6.66. The van der Waals surface area contributed by atoms with E-state index in [-0.39, 0.29) is 0 Å². The predicted molar refractivity (Wildman–Crippen MR) is 77.8 cm³/mol. The van der Waals surface area contributed by atoms with E-state index in [2.05, 4.69) is 35.1 Å². The van der Waals surface area contributed by atoms with E-state index in [1.807, 2.05) is 24.1 Å². The molecule has 0 aliphatic carbocycles. The molecule has 102 valence electrons. The molecule has 1 aromatic heterocycles. The normalized spacial score (nSPS) is 10.1. The second-order valence-corrected chi connectivity index (χ2v) is 4.43. The molecule has 2 rings (SSSR count). The van der Waals surface area contributed by atoms with Crippen molar-refractivity contribution in [1.82, 2.24) is 15.2 Å². The number of anilines is 2. The highest BCUT2D eigenvalue weighted by Gasteiger charge is 2.11. The largest absolute Gasteiger partial charge is 0.312 e. The highest BCUT2D eigenvalue weighted by Crippen LogP contribution is 2.20. The van der Waals surface area contributed by atoms with Gasteiger partial charge in [-0.25, -0.2) is 4.98 Å². The summed E-state index contributed by atoms with van der Waals surface area (Å²) in [6, 6.07) is 9.41. The van der Waals surface area contributed by atoms with Gasteiger partial charge in [0, 0.05) is 12.7 Å². The van der Waals surface area contributed by atoms with Gasteiger partial charge >= 0.3 is 0 Å². The smallest absolute Gasteiger partial charge is 0.249 e. The van der Waals surface area contributed by atoms with Gasteiger partial charge in [-0.2, -0.15) is 5.26 Å². The van der Waals surface area contributed by atoms with Gasteiger partial charge in [-0.1, -0.05) is 13.8 Å². The lowest BCUT2D eigenvalue weighted by atomic mass is 10.2. The van der Waals surface area contributed by atoms with Gasteiger partial charge in [-0.3, -0.25) is 0 Å². The Kier molecular flexibility index (Phi) is 4.26. The average molecular weight is 267 g/mol. The summed E-state index contributed by atoms with van der Waals surface area (Å²) < 4.78 is 0. The van der Waals surface area contributed by atoms with Gasteiger partial charge in [-0.05, 0) is 37.1 Å². The number of hydrogen-bond acceptors (Lipinski definition) is 5. The highest BCUT2D eigenvalue weighted by atomic mass is 15.3. The number of aromatic nitrogens is 3. The van der Waals surface area contributed by atoms with Crippen molar-refractivity contribution in [3.8, 4) is 6.07 Å². The lowest BCUT2D eigenvalue weighted by Gasteiger charge is -2.17. The van der Waals surface area contributed by atoms with E-state index in [0.29, 0.717) is 11.5 Å².